The van der Waals surface area contributed by atoms with Gasteiger partial charge in [0.1, 0.15) is 0 Å². The largest absolute Gasteiger partial charge is 0.351 e. The van der Waals surface area contributed by atoms with Gasteiger partial charge in [0.15, 0.2) is 0 Å². The van der Waals surface area contributed by atoms with E-state index in [2.05, 4.69) is 45.4 Å². The molecule has 4 nitrogen and oxygen atoms in total. The number of benzene rings is 1. The van der Waals surface area contributed by atoms with Gasteiger partial charge < -0.3 is 5.32 Å². The van der Waals surface area contributed by atoms with Gasteiger partial charge in [-0.2, -0.15) is 11.3 Å². The number of hydrogen-bond acceptors (Lipinski definition) is 4. The van der Waals surface area contributed by atoms with Crippen LogP contribution in [0.3, 0.4) is 0 Å². The van der Waals surface area contributed by atoms with Crippen molar-refractivity contribution in [2.75, 3.05) is 39.3 Å². The van der Waals surface area contributed by atoms with Gasteiger partial charge in [0.05, 0.1) is 0 Å². The highest BCUT2D eigenvalue weighted by molar-refractivity contribution is 7.08. The molecule has 0 spiro atoms. The summed E-state index contributed by atoms with van der Waals surface area (Å²) in [5.74, 6) is -0.0195. The van der Waals surface area contributed by atoms with Gasteiger partial charge in [0.25, 0.3) is 0 Å². The van der Waals surface area contributed by atoms with Crippen LogP contribution < -0.4 is 5.32 Å². The molecule has 1 amide bonds. The molecule has 1 aliphatic rings. The van der Waals surface area contributed by atoms with Crippen LogP contribution in [-0.2, 0) is 11.3 Å². The molecule has 0 radical (unpaired) electrons. The molecule has 1 N–H and O–H groups in total. The van der Waals surface area contributed by atoms with Crippen LogP contribution in [0.2, 0.25) is 0 Å². The monoisotopic (exact) mass is 355 g/mol. The van der Waals surface area contributed by atoms with Crippen LogP contribution in [0.15, 0.2) is 53.2 Å². The number of amides is 1. The van der Waals surface area contributed by atoms with Gasteiger partial charge in [-0.25, -0.2) is 0 Å². The van der Waals surface area contributed by atoms with E-state index in [-0.39, 0.29) is 5.91 Å². The molecule has 0 saturated carbocycles. The van der Waals surface area contributed by atoms with E-state index >= 15 is 0 Å². The minimum atomic E-state index is -0.0195. The third-order valence-corrected chi connectivity index (χ3v) is 5.11. The van der Waals surface area contributed by atoms with Crippen molar-refractivity contribution in [1.29, 1.82) is 0 Å². The highest BCUT2D eigenvalue weighted by atomic mass is 32.1. The molecule has 0 aliphatic carbocycles. The highest BCUT2D eigenvalue weighted by Crippen LogP contribution is 2.08. The van der Waals surface area contributed by atoms with Crippen LogP contribution in [-0.4, -0.2) is 55.0 Å². The van der Waals surface area contributed by atoms with Gasteiger partial charge in [-0.3, -0.25) is 14.6 Å². The lowest BCUT2D eigenvalue weighted by molar-refractivity contribution is -0.116. The molecule has 3 rings (SSSR count). The fourth-order valence-corrected chi connectivity index (χ4v) is 3.58. The van der Waals surface area contributed by atoms with Crippen molar-refractivity contribution < 1.29 is 4.79 Å². The zero-order chi connectivity index (χ0) is 17.3. The topological polar surface area (TPSA) is 35.6 Å². The second-order valence-electron chi connectivity index (χ2n) is 6.28. The van der Waals surface area contributed by atoms with E-state index in [1.807, 2.05) is 22.9 Å². The Labute approximate surface area is 153 Å². The molecule has 0 unspecified atom stereocenters. The lowest BCUT2D eigenvalue weighted by atomic mass is 10.2. The summed E-state index contributed by atoms with van der Waals surface area (Å²) in [6, 6.07) is 12.6. The molecule has 1 saturated heterocycles. The van der Waals surface area contributed by atoms with Gasteiger partial charge in [0, 0.05) is 51.9 Å². The molecule has 2 aromatic rings. The second-order valence-corrected chi connectivity index (χ2v) is 7.06. The average Bonchev–Trinajstić information content (AvgIpc) is 3.16. The van der Waals surface area contributed by atoms with Crippen molar-refractivity contribution in [1.82, 2.24) is 15.1 Å². The third-order valence-electron chi connectivity index (χ3n) is 4.41. The smallest absolute Gasteiger partial charge is 0.244 e. The summed E-state index contributed by atoms with van der Waals surface area (Å²) in [5, 5.41) is 7.00. The summed E-state index contributed by atoms with van der Waals surface area (Å²) in [4.78, 5) is 16.7. The number of carbonyl (C=O) groups excluding carboxylic acids is 1. The summed E-state index contributed by atoms with van der Waals surface area (Å²) in [6.07, 6.45) is 3.47. The Bertz CT molecular complexity index is 662. The Morgan fingerprint density at radius 1 is 1.08 bits per heavy atom. The zero-order valence-electron chi connectivity index (χ0n) is 14.4. The SMILES string of the molecule is O=C(/C=C/c1ccsc1)NCCN1CCN(Cc2ccccc2)CC1. The van der Waals surface area contributed by atoms with E-state index in [0.29, 0.717) is 6.54 Å². The number of piperazine rings is 1. The molecule has 0 bridgehead atoms. The standard InChI is InChI=1S/C20H25N3OS/c24-20(7-6-19-8-15-25-17-19)21-9-10-22-11-13-23(14-12-22)16-18-4-2-1-3-5-18/h1-8,15,17H,9-14,16H2,(H,21,24)/b7-6+. The normalized spacial score (nSPS) is 16.3. The first kappa shape index (κ1) is 17.9. The minimum Gasteiger partial charge on any atom is -0.351 e. The fourth-order valence-electron chi connectivity index (χ4n) is 2.95. The summed E-state index contributed by atoms with van der Waals surface area (Å²) in [6.45, 7) is 6.93. The number of nitrogens with one attached hydrogen (secondary N) is 1. The summed E-state index contributed by atoms with van der Waals surface area (Å²) in [5.41, 5.74) is 2.45. The molecular weight excluding hydrogens is 330 g/mol. The van der Waals surface area contributed by atoms with Crippen molar-refractivity contribution in [2.24, 2.45) is 0 Å². The number of thiophene rings is 1. The first-order valence-electron chi connectivity index (χ1n) is 8.76. The number of hydrogen-bond donors (Lipinski definition) is 1. The Kier molecular flexibility index (Phi) is 6.79. The maximum atomic E-state index is 11.8. The van der Waals surface area contributed by atoms with E-state index in [0.717, 1.165) is 44.8 Å². The van der Waals surface area contributed by atoms with Gasteiger partial charge in [-0.15, -0.1) is 0 Å². The molecule has 1 aliphatic heterocycles. The first-order valence-corrected chi connectivity index (χ1v) is 9.70. The van der Waals surface area contributed by atoms with Gasteiger partial charge in [-0.05, 0) is 34.0 Å². The molecule has 25 heavy (non-hydrogen) atoms. The van der Waals surface area contributed by atoms with Crippen LogP contribution >= 0.6 is 11.3 Å². The van der Waals surface area contributed by atoms with Gasteiger partial charge >= 0.3 is 0 Å². The molecule has 2 heterocycles. The summed E-state index contributed by atoms with van der Waals surface area (Å²) in [7, 11) is 0. The van der Waals surface area contributed by atoms with Crippen LogP contribution in [0.4, 0.5) is 0 Å². The highest BCUT2D eigenvalue weighted by Gasteiger charge is 2.16. The molecule has 1 aromatic heterocycles. The van der Waals surface area contributed by atoms with E-state index in [1.54, 1.807) is 17.4 Å². The lowest BCUT2D eigenvalue weighted by Gasteiger charge is -2.34. The third kappa shape index (κ3) is 6.12. The Hall–Kier alpha value is -1.95. The van der Waals surface area contributed by atoms with E-state index in [1.165, 1.54) is 5.56 Å². The fraction of sp³-hybridized carbons (Fsp3) is 0.350. The predicted molar refractivity (Wildman–Crippen MR) is 105 cm³/mol. The Balaban J connectivity index is 1.31. The van der Waals surface area contributed by atoms with Crippen molar-refractivity contribution in [3.63, 3.8) is 0 Å². The molecular formula is C20H25N3OS. The average molecular weight is 356 g/mol. The van der Waals surface area contributed by atoms with Crippen molar-refractivity contribution in [3.05, 3.63) is 64.4 Å². The maximum Gasteiger partial charge on any atom is 0.244 e. The predicted octanol–water partition coefficient (Wildman–Crippen LogP) is 2.70. The number of carbonyl (C=O) groups is 1. The van der Waals surface area contributed by atoms with Crippen LogP contribution in [0.5, 0.6) is 0 Å². The summed E-state index contributed by atoms with van der Waals surface area (Å²) >= 11 is 1.63. The van der Waals surface area contributed by atoms with Crippen molar-refractivity contribution in [2.45, 2.75) is 6.54 Å². The van der Waals surface area contributed by atoms with Crippen molar-refractivity contribution >= 4 is 23.3 Å². The van der Waals surface area contributed by atoms with Crippen LogP contribution in [0.25, 0.3) is 6.08 Å². The molecule has 132 valence electrons. The first-order chi connectivity index (χ1) is 12.3. The quantitative estimate of drug-likeness (QED) is 0.776. The van der Waals surface area contributed by atoms with Crippen molar-refractivity contribution in [3.8, 4) is 0 Å². The molecule has 5 heteroatoms. The van der Waals surface area contributed by atoms with E-state index in [9.17, 15) is 4.79 Å². The Morgan fingerprint density at radius 3 is 2.56 bits per heavy atom. The maximum absolute atomic E-state index is 11.8. The Morgan fingerprint density at radius 2 is 1.84 bits per heavy atom. The van der Waals surface area contributed by atoms with E-state index in [4.69, 9.17) is 0 Å². The lowest BCUT2D eigenvalue weighted by Crippen LogP contribution is -2.47. The zero-order valence-corrected chi connectivity index (χ0v) is 15.3. The molecule has 0 atom stereocenters. The molecule has 1 aromatic carbocycles. The van der Waals surface area contributed by atoms with Crippen LogP contribution in [0.1, 0.15) is 11.1 Å². The molecule has 1 fully saturated rings. The second kappa shape index (κ2) is 9.51. The number of nitrogens with zero attached hydrogens (tertiary/aromatic N) is 2. The number of rotatable bonds is 7. The summed E-state index contributed by atoms with van der Waals surface area (Å²) < 4.78 is 0. The van der Waals surface area contributed by atoms with E-state index < -0.39 is 0 Å². The minimum absolute atomic E-state index is 0.0195. The van der Waals surface area contributed by atoms with Gasteiger partial charge in [-0.1, -0.05) is 30.3 Å². The van der Waals surface area contributed by atoms with Gasteiger partial charge in [0.2, 0.25) is 5.91 Å². The van der Waals surface area contributed by atoms with Crippen LogP contribution in [0, 0.1) is 0 Å².